The number of fused-ring (bicyclic) bond motifs is 1. The van der Waals surface area contributed by atoms with Crippen molar-refractivity contribution in [3.63, 3.8) is 0 Å². The highest BCUT2D eigenvalue weighted by Crippen LogP contribution is 2.33. The molecule has 1 aromatic heterocycles. The van der Waals surface area contributed by atoms with Crippen LogP contribution in [0.3, 0.4) is 0 Å². The molecule has 1 unspecified atom stereocenters. The molecule has 1 saturated heterocycles. The molecule has 1 fully saturated rings. The van der Waals surface area contributed by atoms with Crippen molar-refractivity contribution in [3.8, 4) is 22.9 Å². The molecule has 246 valence electrons. The molecule has 5 aromatic rings. The molecule has 1 atom stereocenters. The summed E-state index contributed by atoms with van der Waals surface area (Å²) in [6, 6.07) is 26.7. The molecule has 4 aromatic carbocycles. The van der Waals surface area contributed by atoms with E-state index in [4.69, 9.17) is 14.0 Å². The topological polar surface area (TPSA) is 76.7 Å². The number of H-pyrrole nitrogens is 1. The second kappa shape index (κ2) is 14.8. The average Bonchev–Trinajstić information content (AvgIpc) is 3.49. The van der Waals surface area contributed by atoms with Gasteiger partial charge in [-0.15, -0.1) is 0 Å². The minimum Gasteiger partial charge on any atom is -0.486 e. The van der Waals surface area contributed by atoms with E-state index in [1.165, 1.54) is 6.07 Å². The number of para-hydroxylation sites is 2. The van der Waals surface area contributed by atoms with Crippen LogP contribution < -0.4 is 9.47 Å². The molecule has 0 spiro atoms. The van der Waals surface area contributed by atoms with E-state index >= 15 is 0 Å². The Kier molecular flexibility index (Phi) is 10.3. The van der Waals surface area contributed by atoms with Gasteiger partial charge < -0.3 is 19.0 Å². The number of rotatable bonds is 12. The number of nitrogens with one attached hydrogen (secondary N) is 1. The van der Waals surface area contributed by atoms with E-state index in [9.17, 15) is 17.7 Å². The Morgan fingerprint density at radius 3 is 2.45 bits per heavy atom. The molecule has 1 aliphatic rings. The number of likely N-dealkylation sites (tertiary alicyclic amines) is 1. The Morgan fingerprint density at radius 2 is 1.66 bits per heavy atom. The summed E-state index contributed by atoms with van der Waals surface area (Å²) in [5.41, 5.74) is 4.24. The van der Waals surface area contributed by atoms with Gasteiger partial charge in [-0.3, -0.25) is 9.46 Å². The SMILES string of the molecule is CCO[PH](=O)Cc1cccc(COc2ccccc2OC2CCN(Cc3ccc4nc(-c5cccc(C(F)(F)F)c5)[nH]c4c3)CC2)c1. The van der Waals surface area contributed by atoms with Crippen molar-refractivity contribution in [1.82, 2.24) is 14.9 Å². The lowest BCUT2D eigenvalue weighted by Gasteiger charge is -2.32. The Morgan fingerprint density at radius 1 is 0.894 bits per heavy atom. The van der Waals surface area contributed by atoms with Gasteiger partial charge in [0.25, 0.3) is 0 Å². The highest BCUT2D eigenvalue weighted by molar-refractivity contribution is 7.38. The van der Waals surface area contributed by atoms with Crippen molar-refractivity contribution < 1.29 is 31.7 Å². The largest absolute Gasteiger partial charge is 0.486 e. The molecule has 0 radical (unpaired) electrons. The second-order valence-electron chi connectivity index (χ2n) is 11.6. The smallest absolute Gasteiger partial charge is 0.416 e. The first-order chi connectivity index (χ1) is 22.7. The van der Waals surface area contributed by atoms with E-state index in [1.54, 1.807) is 6.07 Å². The molecule has 0 amide bonds. The third-order valence-electron chi connectivity index (χ3n) is 8.13. The quantitative estimate of drug-likeness (QED) is 0.134. The number of alkyl halides is 3. The zero-order valence-electron chi connectivity index (χ0n) is 26.1. The lowest BCUT2D eigenvalue weighted by molar-refractivity contribution is -0.137. The molecule has 11 heteroatoms. The number of aromatic nitrogens is 2. The average molecular weight is 664 g/mol. The lowest BCUT2D eigenvalue weighted by atomic mass is 10.1. The van der Waals surface area contributed by atoms with Crippen LogP contribution in [-0.2, 0) is 34.6 Å². The summed E-state index contributed by atoms with van der Waals surface area (Å²) in [7, 11) is -2.09. The Balaban J connectivity index is 1.02. The lowest BCUT2D eigenvalue weighted by Crippen LogP contribution is -2.37. The highest BCUT2D eigenvalue weighted by atomic mass is 31.1. The van der Waals surface area contributed by atoms with Crippen molar-refractivity contribution in [1.29, 1.82) is 0 Å². The van der Waals surface area contributed by atoms with Crippen LogP contribution >= 0.6 is 8.03 Å². The summed E-state index contributed by atoms with van der Waals surface area (Å²) < 4.78 is 69.5. The number of hydrogen-bond acceptors (Lipinski definition) is 6. The van der Waals surface area contributed by atoms with Crippen LogP contribution in [0, 0.1) is 0 Å². The summed E-state index contributed by atoms with van der Waals surface area (Å²) >= 11 is 0. The van der Waals surface area contributed by atoms with Gasteiger partial charge in [0, 0.05) is 31.4 Å². The standard InChI is InChI=1S/C36H37F3N3O4P/c1-2-45-47(43)24-27-8-5-7-26(19-27)23-44-33-11-3-4-12-34(33)46-30-15-17-42(18-16-30)22-25-13-14-31-32(20-25)41-35(40-31)28-9-6-10-29(21-28)36(37,38)39/h3-14,19-21,30,47H,2,15-18,22-24H2,1H3,(H,40,41). The molecular weight excluding hydrogens is 626 g/mol. The Hall–Kier alpha value is -4.11. The molecule has 0 aliphatic carbocycles. The monoisotopic (exact) mass is 663 g/mol. The number of hydrogen-bond donors (Lipinski definition) is 1. The van der Waals surface area contributed by atoms with E-state index in [0.29, 0.717) is 47.8 Å². The van der Waals surface area contributed by atoms with Gasteiger partial charge in [-0.05, 0) is 72.9 Å². The number of nitrogens with zero attached hydrogens (tertiary/aromatic N) is 2. The van der Waals surface area contributed by atoms with Gasteiger partial charge in [0.2, 0.25) is 0 Å². The van der Waals surface area contributed by atoms with Crippen LogP contribution in [0.25, 0.3) is 22.4 Å². The Labute approximate surface area is 272 Å². The highest BCUT2D eigenvalue weighted by Gasteiger charge is 2.30. The van der Waals surface area contributed by atoms with E-state index in [2.05, 4.69) is 14.9 Å². The maximum absolute atomic E-state index is 13.2. The predicted molar refractivity (Wildman–Crippen MR) is 177 cm³/mol. The maximum Gasteiger partial charge on any atom is 0.416 e. The van der Waals surface area contributed by atoms with Crippen molar-refractivity contribution in [2.75, 3.05) is 19.7 Å². The molecule has 1 N–H and O–H groups in total. The van der Waals surface area contributed by atoms with E-state index in [-0.39, 0.29) is 6.10 Å². The molecule has 6 rings (SSSR count). The van der Waals surface area contributed by atoms with E-state index in [0.717, 1.165) is 66.8 Å². The number of halogens is 3. The first-order valence-electron chi connectivity index (χ1n) is 15.7. The zero-order chi connectivity index (χ0) is 32.8. The third kappa shape index (κ3) is 8.63. The van der Waals surface area contributed by atoms with Crippen LogP contribution in [0.2, 0.25) is 0 Å². The number of imidazole rings is 1. The summed E-state index contributed by atoms with van der Waals surface area (Å²) in [6.07, 6.45) is -2.22. The fourth-order valence-corrected chi connectivity index (χ4v) is 6.77. The van der Waals surface area contributed by atoms with E-state index < -0.39 is 19.8 Å². The van der Waals surface area contributed by atoms with Crippen LogP contribution in [0.5, 0.6) is 11.5 Å². The van der Waals surface area contributed by atoms with Gasteiger partial charge in [-0.2, -0.15) is 13.2 Å². The predicted octanol–water partition coefficient (Wildman–Crippen LogP) is 8.88. The first-order valence-corrected chi connectivity index (χ1v) is 17.3. The Bertz CT molecular complexity index is 1840. The van der Waals surface area contributed by atoms with Crippen molar-refractivity contribution in [2.45, 2.75) is 51.4 Å². The normalized spacial score (nSPS) is 15.1. The van der Waals surface area contributed by atoms with Gasteiger partial charge >= 0.3 is 6.18 Å². The molecule has 7 nitrogen and oxygen atoms in total. The van der Waals surface area contributed by atoms with Gasteiger partial charge in [-0.25, -0.2) is 4.98 Å². The zero-order valence-corrected chi connectivity index (χ0v) is 27.1. The number of piperidine rings is 1. The van der Waals surface area contributed by atoms with Gasteiger partial charge in [0.1, 0.15) is 18.5 Å². The summed E-state index contributed by atoms with van der Waals surface area (Å²) in [5.74, 6) is 1.81. The van der Waals surface area contributed by atoms with E-state index in [1.807, 2.05) is 73.7 Å². The molecule has 2 heterocycles. The summed E-state index contributed by atoms with van der Waals surface area (Å²) in [5, 5.41) is 0. The number of benzene rings is 4. The molecule has 1 aliphatic heterocycles. The fourth-order valence-electron chi connectivity index (χ4n) is 5.79. The molecular formula is C36H37F3N3O4P. The number of ether oxygens (including phenoxy) is 2. The van der Waals surface area contributed by atoms with Crippen LogP contribution in [0.4, 0.5) is 13.2 Å². The summed E-state index contributed by atoms with van der Waals surface area (Å²) in [4.78, 5) is 10.1. The third-order valence-corrected chi connectivity index (χ3v) is 9.44. The maximum atomic E-state index is 13.2. The first kappa shape index (κ1) is 32.8. The van der Waals surface area contributed by atoms with Crippen LogP contribution in [0.15, 0.2) is 91.0 Å². The minimum absolute atomic E-state index is 0.0561. The second-order valence-corrected chi connectivity index (χ2v) is 13.0. The minimum atomic E-state index is -4.41. The van der Waals surface area contributed by atoms with Crippen molar-refractivity contribution in [3.05, 3.63) is 113 Å². The number of aromatic amines is 1. The molecule has 47 heavy (non-hydrogen) atoms. The van der Waals surface area contributed by atoms with Crippen molar-refractivity contribution in [2.24, 2.45) is 0 Å². The van der Waals surface area contributed by atoms with Crippen LogP contribution in [-0.4, -0.2) is 40.7 Å². The molecule has 0 bridgehead atoms. The summed E-state index contributed by atoms with van der Waals surface area (Å²) in [6.45, 7) is 5.12. The van der Waals surface area contributed by atoms with Crippen LogP contribution in [0.1, 0.15) is 42.0 Å². The molecule has 0 saturated carbocycles. The van der Waals surface area contributed by atoms with Gasteiger partial charge in [0.05, 0.1) is 23.2 Å². The van der Waals surface area contributed by atoms with Gasteiger partial charge in [0.15, 0.2) is 19.5 Å². The fraction of sp³-hybridized carbons (Fsp3) is 0.306. The van der Waals surface area contributed by atoms with Crippen molar-refractivity contribution >= 4 is 19.1 Å². The van der Waals surface area contributed by atoms with Gasteiger partial charge in [-0.1, -0.05) is 54.6 Å².